The van der Waals surface area contributed by atoms with Crippen molar-refractivity contribution >= 4 is 5.97 Å². The molecule has 18 heavy (non-hydrogen) atoms. The van der Waals surface area contributed by atoms with Gasteiger partial charge in [-0.15, -0.1) is 0 Å². The molecule has 0 bridgehead atoms. The summed E-state index contributed by atoms with van der Waals surface area (Å²) in [4.78, 5) is 21.9. The van der Waals surface area contributed by atoms with Gasteiger partial charge in [0.15, 0.2) is 0 Å². The molecular formula is C13H17NO4. The highest BCUT2D eigenvalue weighted by atomic mass is 16.6. The van der Waals surface area contributed by atoms with Gasteiger partial charge in [0.2, 0.25) is 6.54 Å². The fourth-order valence-electron chi connectivity index (χ4n) is 1.88. The summed E-state index contributed by atoms with van der Waals surface area (Å²) in [7, 11) is 1.29. The minimum absolute atomic E-state index is 0.278. The number of nitrogens with zero attached hydrogens (tertiary/aromatic N) is 1. The number of nitro groups is 1. The van der Waals surface area contributed by atoms with Gasteiger partial charge in [-0.1, -0.05) is 36.8 Å². The molecule has 0 spiro atoms. The number of aryl methyl sites for hydroxylation is 1. The lowest BCUT2D eigenvalue weighted by Crippen LogP contribution is -2.26. The Morgan fingerprint density at radius 2 is 1.94 bits per heavy atom. The van der Waals surface area contributed by atoms with Crippen molar-refractivity contribution in [1.29, 1.82) is 0 Å². The Morgan fingerprint density at radius 1 is 1.39 bits per heavy atom. The Labute approximate surface area is 106 Å². The maximum absolute atomic E-state index is 11.5. The molecule has 0 saturated carbocycles. The number of rotatable bonds is 5. The molecule has 0 N–H and O–H groups in total. The summed E-state index contributed by atoms with van der Waals surface area (Å²) < 4.78 is 4.66. The van der Waals surface area contributed by atoms with Crippen molar-refractivity contribution in [2.75, 3.05) is 13.7 Å². The van der Waals surface area contributed by atoms with Crippen LogP contribution in [0.2, 0.25) is 0 Å². The third kappa shape index (κ3) is 3.55. The van der Waals surface area contributed by atoms with Crippen LogP contribution in [-0.4, -0.2) is 24.5 Å². The third-order valence-electron chi connectivity index (χ3n) is 3.03. The van der Waals surface area contributed by atoms with Gasteiger partial charge in [0.25, 0.3) is 0 Å². The van der Waals surface area contributed by atoms with Gasteiger partial charge in [-0.3, -0.25) is 14.9 Å². The van der Waals surface area contributed by atoms with E-state index in [0.717, 1.165) is 11.1 Å². The molecule has 0 saturated heterocycles. The number of benzene rings is 1. The highest BCUT2D eigenvalue weighted by Crippen LogP contribution is 2.26. The van der Waals surface area contributed by atoms with Gasteiger partial charge in [-0.05, 0) is 12.5 Å². The normalized spacial score (nSPS) is 13.7. The van der Waals surface area contributed by atoms with Crippen molar-refractivity contribution in [2.24, 2.45) is 5.92 Å². The molecule has 0 fully saturated rings. The lowest BCUT2D eigenvalue weighted by atomic mass is 9.87. The summed E-state index contributed by atoms with van der Waals surface area (Å²) in [6, 6.07) is 7.41. The summed E-state index contributed by atoms with van der Waals surface area (Å²) in [6.45, 7) is 3.31. The molecule has 1 aromatic rings. The number of esters is 1. The van der Waals surface area contributed by atoms with Gasteiger partial charge in [0.1, 0.15) is 0 Å². The van der Waals surface area contributed by atoms with E-state index in [1.54, 1.807) is 6.92 Å². The molecule has 0 aliphatic carbocycles. The van der Waals surface area contributed by atoms with Crippen molar-refractivity contribution in [3.05, 3.63) is 45.5 Å². The van der Waals surface area contributed by atoms with Crippen molar-refractivity contribution in [2.45, 2.75) is 19.8 Å². The van der Waals surface area contributed by atoms with Crippen molar-refractivity contribution in [3.8, 4) is 0 Å². The first-order valence-electron chi connectivity index (χ1n) is 5.72. The minimum Gasteiger partial charge on any atom is -0.469 e. The van der Waals surface area contributed by atoms with Gasteiger partial charge in [0.05, 0.1) is 18.9 Å². The third-order valence-corrected chi connectivity index (χ3v) is 3.03. The Balaban J connectivity index is 3.00. The fourth-order valence-corrected chi connectivity index (χ4v) is 1.88. The molecule has 0 aliphatic rings. The monoisotopic (exact) mass is 251 g/mol. The second kappa shape index (κ2) is 6.14. The highest BCUT2D eigenvalue weighted by Gasteiger charge is 2.30. The van der Waals surface area contributed by atoms with Crippen molar-refractivity contribution in [3.63, 3.8) is 0 Å². The minimum atomic E-state index is -0.539. The molecular weight excluding hydrogens is 234 g/mol. The summed E-state index contributed by atoms with van der Waals surface area (Å²) in [5.74, 6) is -1.43. The van der Waals surface area contributed by atoms with E-state index in [-0.39, 0.29) is 6.54 Å². The maximum Gasteiger partial charge on any atom is 0.309 e. The van der Waals surface area contributed by atoms with Crippen LogP contribution in [0.5, 0.6) is 0 Å². The molecule has 2 atom stereocenters. The summed E-state index contributed by atoms with van der Waals surface area (Å²) in [5.41, 5.74) is 1.86. The van der Waals surface area contributed by atoms with Gasteiger partial charge in [-0.25, -0.2) is 0 Å². The lowest BCUT2D eigenvalue weighted by molar-refractivity contribution is -0.484. The molecule has 1 unspecified atom stereocenters. The largest absolute Gasteiger partial charge is 0.469 e. The predicted octanol–water partition coefficient (Wildman–Crippen LogP) is 2.16. The summed E-state index contributed by atoms with van der Waals surface area (Å²) >= 11 is 0. The first kappa shape index (κ1) is 14.2. The topological polar surface area (TPSA) is 69.4 Å². The molecule has 5 heteroatoms. The quantitative estimate of drug-likeness (QED) is 0.457. The first-order chi connectivity index (χ1) is 8.45. The van der Waals surface area contributed by atoms with E-state index in [0.29, 0.717) is 0 Å². The first-order valence-corrected chi connectivity index (χ1v) is 5.72. The second-order valence-electron chi connectivity index (χ2n) is 4.34. The van der Waals surface area contributed by atoms with Gasteiger partial charge >= 0.3 is 5.97 Å². The Bertz CT molecular complexity index is 427. The van der Waals surface area contributed by atoms with Gasteiger partial charge < -0.3 is 4.74 Å². The number of methoxy groups -OCH3 is 1. The number of carbonyl (C=O) groups is 1. The zero-order chi connectivity index (χ0) is 13.7. The Hall–Kier alpha value is -1.91. The van der Waals surface area contributed by atoms with Crippen LogP contribution >= 0.6 is 0 Å². The molecule has 0 aliphatic heterocycles. The van der Waals surface area contributed by atoms with Gasteiger partial charge in [-0.2, -0.15) is 0 Å². The number of ether oxygens (including phenoxy) is 1. The predicted molar refractivity (Wildman–Crippen MR) is 67.0 cm³/mol. The highest BCUT2D eigenvalue weighted by molar-refractivity contribution is 5.73. The smallest absolute Gasteiger partial charge is 0.309 e. The molecule has 98 valence electrons. The van der Waals surface area contributed by atoms with Crippen LogP contribution in [0.4, 0.5) is 0 Å². The Kier molecular flexibility index (Phi) is 4.83. The molecule has 0 radical (unpaired) electrons. The number of hydrogen-bond acceptors (Lipinski definition) is 4. The van der Waals surface area contributed by atoms with E-state index in [4.69, 9.17) is 0 Å². The van der Waals surface area contributed by atoms with E-state index >= 15 is 0 Å². The average Bonchev–Trinajstić information content (AvgIpc) is 2.35. The van der Waals surface area contributed by atoms with Crippen molar-refractivity contribution < 1.29 is 14.5 Å². The van der Waals surface area contributed by atoms with Crippen LogP contribution in [0, 0.1) is 23.0 Å². The zero-order valence-corrected chi connectivity index (χ0v) is 10.8. The van der Waals surface area contributed by atoms with E-state index in [2.05, 4.69) is 4.74 Å². The fraction of sp³-hybridized carbons (Fsp3) is 0.462. The zero-order valence-electron chi connectivity index (χ0n) is 10.8. The molecule has 1 aromatic carbocycles. The molecule has 0 heterocycles. The molecule has 1 rings (SSSR count). The summed E-state index contributed by atoms with van der Waals surface area (Å²) in [5, 5.41) is 10.7. The van der Waals surface area contributed by atoms with E-state index in [9.17, 15) is 14.9 Å². The van der Waals surface area contributed by atoms with Crippen LogP contribution in [0.25, 0.3) is 0 Å². The van der Waals surface area contributed by atoms with Gasteiger partial charge in [0, 0.05) is 4.92 Å². The molecule has 0 aromatic heterocycles. The van der Waals surface area contributed by atoms with E-state index in [1.165, 1.54) is 7.11 Å². The van der Waals surface area contributed by atoms with Crippen LogP contribution in [0.1, 0.15) is 24.0 Å². The van der Waals surface area contributed by atoms with E-state index < -0.39 is 22.7 Å². The van der Waals surface area contributed by atoms with Crippen LogP contribution in [-0.2, 0) is 9.53 Å². The van der Waals surface area contributed by atoms with Crippen LogP contribution < -0.4 is 0 Å². The SMILES string of the molecule is COC(=O)C(C)[C@H](C[N+](=O)[O-])c1ccc(C)cc1. The van der Waals surface area contributed by atoms with Crippen molar-refractivity contribution in [1.82, 2.24) is 0 Å². The van der Waals surface area contributed by atoms with Crippen LogP contribution in [0.3, 0.4) is 0 Å². The molecule has 5 nitrogen and oxygen atoms in total. The standard InChI is InChI=1S/C13H17NO4/c1-9-4-6-11(7-5-9)12(8-14(16)17)10(2)13(15)18-3/h4-7,10,12H,8H2,1-3H3/t10?,12-/m0/s1. The molecule has 0 amide bonds. The van der Waals surface area contributed by atoms with Crippen LogP contribution in [0.15, 0.2) is 24.3 Å². The second-order valence-corrected chi connectivity index (χ2v) is 4.34. The summed E-state index contributed by atoms with van der Waals surface area (Å²) in [6.07, 6.45) is 0. The Morgan fingerprint density at radius 3 is 2.39 bits per heavy atom. The lowest BCUT2D eigenvalue weighted by Gasteiger charge is -2.19. The number of carbonyl (C=O) groups excluding carboxylic acids is 1. The average molecular weight is 251 g/mol. The number of hydrogen-bond donors (Lipinski definition) is 0. The van der Waals surface area contributed by atoms with E-state index in [1.807, 2.05) is 31.2 Å². The maximum atomic E-state index is 11.5.